The van der Waals surface area contributed by atoms with Crippen molar-refractivity contribution in [2.24, 2.45) is 5.92 Å². The van der Waals surface area contributed by atoms with Crippen molar-refractivity contribution < 1.29 is 4.74 Å². The molecule has 2 fully saturated rings. The highest BCUT2D eigenvalue weighted by Crippen LogP contribution is 2.20. The van der Waals surface area contributed by atoms with E-state index in [1.54, 1.807) is 0 Å². The Balaban J connectivity index is 1.53. The van der Waals surface area contributed by atoms with Crippen molar-refractivity contribution in [3.8, 4) is 0 Å². The van der Waals surface area contributed by atoms with E-state index in [0.29, 0.717) is 6.10 Å². The van der Waals surface area contributed by atoms with Crippen LogP contribution in [0.2, 0.25) is 0 Å². The molecule has 16 heavy (non-hydrogen) atoms. The molecule has 0 radical (unpaired) electrons. The Hall–Kier alpha value is 0.210. The van der Waals surface area contributed by atoms with Gasteiger partial charge in [-0.15, -0.1) is 11.6 Å². The van der Waals surface area contributed by atoms with E-state index < -0.39 is 0 Å². The number of piperidine rings is 1. The highest BCUT2D eigenvalue weighted by molar-refractivity contribution is 6.18. The second-order valence-corrected chi connectivity index (χ2v) is 5.53. The average Bonchev–Trinajstić information content (AvgIpc) is 2.83. The molecule has 2 aliphatic heterocycles. The first-order valence-electron chi connectivity index (χ1n) is 6.78. The van der Waals surface area contributed by atoms with Gasteiger partial charge in [0, 0.05) is 12.5 Å². The van der Waals surface area contributed by atoms with Crippen molar-refractivity contribution in [3.63, 3.8) is 0 Å². The largest absolute Gasteiger partial charge is 0.378 e. The van der Waals surface area contributed by atoms with Crippen LogP contribution in [0.4, 0.5) is 0 Å². The molecule has 0 aromatic heterocycles. The monoisotopic (exact) mass is 245 g/mol. The molecule has 2 rings (SSSR count). The van der Waals surface area contributed by atoms with Crippen LogP contribution in [-0.2, 0) is 4.74 Å². The number of likely N-dealkylation sites (tertiary alicyclic amines) is 1. The Bertz CT molecular complexity index is 186. The first kappa shape index (κ1) is 12.7. The van der Waals surface area contributed by atoms with Crippen LogP contribution >= 0.6 is 11.6 Å². The lowest BCUT2D eigenvalue weighted by molar-refractivity contribution is 0.0964. The molecule has 2 nitrogen and oxygen atoms in total. The standard InChI is InChI=1S/C13H24ClNO/c14-11-12-5-8-15(9-6-12)7-1-3-13-4-2-10-16-13/h12-13H,1-11H2. The van der Waals surface area contributed by atoms with Gasteiger partial charge in [0.05, 0.1) is 6.10 Å². The number of ether oxygens (including phenoxy) is 1. The number of nitrogens with zero attached hydrogens (tertiary/aromatic N) is 1. The second kappa shape index (κ2) is 6.83. The smallest absolute Gasteiger partial charge is 0.0576 e. The Morgan fingerprint density at radius 2 is 2.00 bits per heavy atom. The third-order valence-corrected chi connectivity index (χ3v) is 4.39. The van der Waals surface area contributed by atoms with E-state index in [2.05, 4.69) is 4.90 Å². The van der Waals surface area contributed by atoms with Gasteiger partial charge in [-0.05, 0) is 64.1 Å². The van der Waals surface area contributed by atoms with Gasteiger partial charge in [-0.2, -0.15) is 0 Å². The molecule has 0 spiro atoms. The van der Waals surface area contributed by atoms with Gasteiger partial charge < -0.3 is 9.64 Å². The molecule has 0 amide bonds. The maximum Gasteiger partial charge on any atom is 0.0576 e. The van der Waals surface area contributed by atoms with Crippen LogP contribution in [0.1, 0.15) is 38.5 Å². The number of hydrogen-bond acceptors (Lipinski definition) is 2. The minimum atomic E-state index is 0.570. The van der Waals surface area contributed by atoms with Gasteiger partial charge in [0.15, 0.2) is 0 Å². The molecule has 1 atom stereocenters. The van der Waals surface area contributed by atoms with Crippen LogP contribution in [-0.4, -0.2) is 43.1 Å². The molecule has 0 aliphatic carbocycles. The number of hydrogen-bond donors (Lipinski definition) is 0. The first-order chi connectivity index (χ1) is 7.88. The van der Waals surface area contributed by atoms with Crippen molar-refractivity contribution >= 4 is 11.6 Å². The lowest BCUT2D eigenvalue weighted by Crippen LogP contribution is -2.35. The molecule has 2 heterocycles. The molecule has 0 N–H and O–H groups in total. The summed E-state index contributed by atoms with van der Waals surface area (Å²) in [6.07, 6.45) is 8.28. The van der Waals surface area contributed by atoms with Gasteiger partial charge in [0.25, 0.3) is 0 Å². The molecule has 0 bridgehead atoms. The van der Waals surface area contributed by atoms with Crippen molar-refractivity contribution in [2.75, 3.05) is 32.1 Å². The lowest BCUT2D eigenvalue weighted by atomic mass is 9.98. The van der Waals surface area contributed by atoms with Gasteiger partial charge in [0.2, 0.25) is 0 Å². The van der Waals surface area contributed by atoms with Crippen LogP contribution in [0.3, 0.4) is 0 Å². The molecule has 2 saturated heterocycles. The van der Waals surface area contributed by atoms with Crippen molar-refractivity contribution in [1.82, 2.24) is 4.90 Å². The maximum atomic E-state index is 5.88. The van der Waals surface area contributed by atoms with Gasteiger partial charge >= 0.3 is 0 Å². The van der Waals surface area contributed by atoms with Gasteiger partial charge in [-0.1, -0.05) is 0 Å². The fourth-order valence-electron chi connectivity index (χ4n) is 2.78. The van der Waals surface area contributed by atoms with Crippen molar-refractivity contribution in [3.05, 3.63) is 0 Å². The zero-order valence-electron chi connectivity index (χ0n) is 10.2. The van der Waals surface area contributed by atoms with E-state index in [1.165, 1.54) is 58.2 Å². The SMILES string of the molecule is ClCC1CCN(CCCC2CCCO2)CC1. The molecule has 0 saturated carbocycles. The zero-order chi connectivity index (χ0) is 11.2. The molecule has 1 unspecified atom stereocenters. The summed E-state index contributed by atoms with van der Waals surface area (Å²) in [5.41, 5.74) is 0. The predicted molar refractivity (Wildman–Crippen MR) is 68.1 cm³/mol. The molecular formula is C13H24ClNO. The van der Waals surface area contributed by atoms with E-state index in [1.807, 2.05) is 0 Å². The molecule has 94 valence electrons. The Morgan fingerprint density at radius 1 is 1.19 bits per heavy atom. The lowest BCUT2D eigenvalue weighted by Gasteiger charge is -2.31. The van der Waals surface area contributed by atoms with Crippen LogP contribution in [0.15, 0.2) is 0 Å². The quantitative estimate of drug-likeness (QED) is 0.691. The number of rotatable bonds is 5. The average molecular weight is 246 g/mol. The first-order valence-corrected chi connectivity index (χ1v) is 7.32. The Morgan fingerprint density at radius 3 is 2.62 bits per heavy atom. The fourth-order valence-corrected chi connectivity index (χ4v) is 3.09. The molecule has 0 aromatic rings. The van der Waals surface area contributed by atoms with E-state index in [4.69, 9.17) is 16.3 Å². The second-order valence-electron chi connectivity index (χ2n) is 5.22. The normalized spacial score (nSPS) is 28.7. The van der Waals surface area contributed by atoms with Crippen LogP contribution in [0.5, 0.6) is 0 Å². The summed E-state index contributed by atoms with van der Waals surface area (Å²) < 4.78 is 5.64. The van der Waals surface area contributed by atoms with Crippen LogP contribution in [0, 0.1) is 5.92 Å². The van der Waals surface area contributed by atoms with Crippen molar-refractivity contribution in [2.45, 2.75) is 44.6 Å². The summed E-state index contributed by atoms with van der Waals surface area (Å²) in [4.78, 5) is 2.60. The van der Waals surface area contributed by atoms with Gasteiger partial charge in [-0.25, -0.2) is 0 Å². The zero-order valence-corrected chi connectivity index (χ0v) is 10.9. The number of alkyl halides is 1. The molecule has 3 heteroatoms. The Kier molecular flexibility index (Phi) is 5.40. The van der Waals surface area contributed by atoms with Crippen LogP contribution < -0.4 is 0 Å². The third kappa shape index (κ3) is 3.90. The summed E-state index contributed by atoms with van der Waals surface area (Å²) in [7, 11) is 0. The molecule has 2 aliphatic rings. The summed E-state index contributed by atoms with van der Waals surface area (Å²) in [6.45, 7) is 4.76. The van der Waals surface area contributed by atoms with E-state index in [-0.39, 0.29) is 0 Å². The van der Waals surface area contributed by atoms with Gasteiger partial charge in [0.1, 0.15) is 0 Å². The van der Waals surface area contributed by atoms with Gasteiger partial charge in [-0.3, -0.25) is 0 Å². The van der Waals surface area contributed by atoms with Crippen molar-refractivity contribution in [1.29, 1.82) is 0 Å². The molecular weight excluding hydrogens is 222 g/mol. The Labute approximate surface area is 104 Å². The fraction of sp³-hybridized carbons (Fsp3) is 1.00. The maximum absolute atomic E-state index is 5.88. The summed E-state index contributed by atoms with van der Waals surface area (Å²) in [6, 6.07) is 0. The minimum absolute atomic E-state index is 0.570. The number of halogens is 1. The van der Waals surface area contributed by atoms with E-state index in [9.17, 15) is 0 Å². The van der Waals surface area contributed by atoms with Crippen LogP contribution in [0.25, 0.3) is 0 Å². The molecule has 0 aromatic carbocycles. The third-order valence-electron chi connectivity index (χ3n) is 3.95. The summed E-state index contributed by atoms with van der Waals surface area (Å²) >= 11 is 5.88. The predicted octanol–water partition coefficient (Wildman–Crippen LogP) is 2.90. The van der Waals surface area contributed by atoms with E-state index >= 15 is 0 Å². The van der Waals surface area contributed by atoms with E-state index in [0.717, 1.165) is 18.4 Å². The summed E-state index contributed by atoms with van der Waals surface area (Å²) in [5.74, 6) is 1.63. The highest BCUT2D eigenvalue weighted by atomic mass is 35.5. The highest BCUT2D eigenvalue weighted by Gasteiger charge is 2.19. The topological polar surface area (TPSA) is 12.5 Å². The summed E-state index contributed by atoms with van der Waals surface area (Å²) in [5, 5.41) is 0. The minimum Gasteiger partial charge on any atom is -0.378 e.